The minimum atomic E-state index is -0.603. The number of nitrogens with two attached hydrogens (primary N) is 1. The van der Waals surface area contributed by atoms with E-state index >= 15 is 0 Å². The van der Waals surface area contributed by atoms with Crippen LogP contribution in [0.15, 0.2) is 36.4 Å². The largest absolute Gasteiger partial charge is 0.465 e. The molecule has 0 saturated carbocycles. The van der Waals surface area contributed by atoms with Crippen molar-refractivity contribution in [3.63, 3.8) is 0 Å². The van der Waals surface area contributed by atoms with Crippen LogP contribution in [0.1, 0.15) is 20.7 Å². The molecule has 0 fully saturated rings. The molecular weight excluding hydrogens is 234 g/mol. The molecule has 0 aliphatic rings. The second-order valence-electron chi connectivity index (χ2n) is 3.67. The van der Waals surface area contributed by atoms with Crippen molar-refractivity contribution in [2.75, 3.05) is 7.11 Å². The number of carbonyl (C=O) groups is 2. The van der Waals surface area contributed by atoms with Crippen LogP contribution >= 0.6 is 0 Å². The highest BCUT2D eigenvalue weighted by Gasteiger charge is 2.09. The summed E-state index contributed by atoms with van der Waals surface area (Å²) in [5.41, 5.74) is 0.815. The van der Waals surface area contributed by atoms with Crippen molar-refractivity contribution in [1.29, 1.82) is 0 Å². The lowest BCUT2D eigenvalue weighted by Gasteiger charge is -2.04. The number of benzene rings is 2. The van der Waals surface area contributed by atoms with Gasteiger partial charge in [0.2, 0.25) is 0 Å². The van der Waals surface area contributed by atoms with Gasteiger partial charge >= 0.3 is 11.9 Å². The lowest BCUT2D eigenvalue weighted by molar-refractivity contribution is 0.0503. The smallest absolute Gasteiger partial charge is 0.356 e. The number of fused-ring (bicyclic) bond motifs is 1. The normalized spacial score (nSPS) is 10.1. The molecule has 0 aliphatic carbocycles. The van der Waals surface area contributed by atoms with Gasteiger partial charge in [-0.2, -0.15) is 5.90 Å². The molecular formula is C13H11NO4. The van der Waals surface area contributed by atoms with E-state index in [2.05, 4.69) is 9.57 Å². The molecule has 0 heterocycles. The molecule has 92 valence electrons. The van der Waals surface area contributed by atoms with Crippen LogP contribution in [0.3, 0.4) is 0 Å². The molecule has 5 nitrogen and oxygen atoms in total. The summed E-state index contributed by atoms with van der Waals surface area (Å²) >= 11 is 0. The predicted molar refractivity (Wildman–Crippen MR) is 64.9 cm³/mol. The van der Waals surface area contributed by atoms with E-state index in [1.807, 2.05) is 0 Å². The molecule has 0 saturated heterocycles. The molecule has 2 N–H and O–H groups in total. The number of ether oxygens (including phenoxy) is 1. The number of rotatable bonds is 2. The number of esters is 1. The van der Waals surface area contributed by atoms with Gasteiger partial charge in [-0.25, -0.2) is 9.59 Å². The predicted octanol–water partition coefficient (Wildman–Crippen LogP) is 1.66. The summed E-state index contributed by atoms with van der Waals surface area (Å²) in [6, 6.07) is 10.00. The van der Waals surface area contributed by atoms with Crippen LogP contribution in [0.25, 0.3) is 10.8 Å². The summed E-state index contributed by atoms with van der Waals surface area (Å²) in [5, 5.41) is 1.64. The molecule has 0 radical (unpaired) electrons. The summed E-state index contributed by atoms with van der Waals surface area (Å²) in [7, 11) is 1.33. The first-order valence-electron chi connectivity index (χ1n) is 5.19. The zero-order valence-electron chi connectivity index (χ0n) is 9.67. The third kappa shape index (κ3) is 2.16. The van der Waals surface area contributed by atoms with Gasteiger partial charge in [0.25, 0.3) is 0 Å². The number of hydrogen-bond acceptors (Lipinski definition) is 5. The Balaban J connectivity index is 2.48. The van der Waals surface area contributed by atoms with E-state index < -0.39 is 11.9 Å². The van der Waals surface area contributed by atoms with Crippen molar-refractivity contribution < 1.29 is 19.2 Å². The van der Waals surface area contributed by atoms with E-state index in [0.717, 1.165) is 10.8 Å². The van der Waals surface area contributed by atoms with Crippen LogP contribution in [0.5, 0.6) is 0 Å². The van der Waals surface area contributed by atoms with Crippen LogP contribution in [-0.2, 0) is 9.57 Å². The third-order valence-electron chi connectivity index (χ3n) is 2.60. The summed E-state index contributed by atoms with van der Waals surface area (Å²) in [6.45, 7) is 0. The maximum atomic E-state index is 11.4. The molecule has 0 amide bonds. The van der Waals surface area contributed by atoms with Crippen LogP contribution in [-0.4, -0.2) is 19.0 Å². The SMILES string of the molecule is COC(=O)c1ccc2cc(C(=O)ON)ccc2c1. The first-order chi connectivity index (χ1) is 8.65. The van der Waals surface area contributed by atoms with Gasteiger partial charge in [-0.1, -0.05) is 12.1 Å². The second kappa shape index (κ2) is 4.85. The molecule has 18 heavy (non-hydrogen) atoms. The Bertz CT molecular complexity index is 566. The fraction of sp³-hybridized carbons (Fsp3) is 0.0769. The molecule has 0 aliphatic heterocycles. The molecule has 0 unspecified atom stereocenters. The van der Waals surface area contributed by atoms with Gasteiger partial charge < -0.3 is 9.57 Å². The maximum Gasteiger partial charge on any atom is 0.356 e. The van der Waals surface area contributed by atoms with Crippen molar-refractivity contribution in [3.05, 3.63) is 47.5 Å². The summed E-state index contributed by atoms with van der Waals surface area (Å²) < 4.78 is 4.63. The Morgan fingerprint density at radius 2 is 1.44 bits per heavy atom. The lowest BCUT2D eigenvalue weighted by atomic mass is 10.0. The molecule has 2 aromatic carbocycles. The van der Waals surface area contributed by atoms with E-state index in [0.29, 0.717) is 11.1 Å². The molecule has 0 atom stereocenters. The van der Waals surface area contributed by atoms with Gasteiger partial charge in [-0.3, -0.25) is 0 Å². The minimum Gasteiger partial charge on any atom is -0.465 e. The molecule has 0 spiro atoms. The standard InChI is InChI=1S/C13H11NO4/c1-17-12(15)10-4-2-9-7-11(13(16)18-14)5-3-8(9)6-10/h2-7H,14H2,1H3. The second-order valence-corrected chi connectivity index (χ2v) is 3.67. The molecule has 5 heteroatoms. The Morgan fingerprint density at radius 1 is 0.944 bits per heavy atom. The first kappa shape index (κ1) is 12.1. The van der Waals surface area contributed by atoms with Crippen molar-refractivity contribution in [3.8, 4) is 0 Å². The van der Waals surface area contributed by atoms with Gasteiger partial charge in [-0.15, -0.1) is 0 Å². The summed E-state index contributed by atoms with van der Waals surface area (Å²) in [6.07, 6.45) is 0. The Hall–Kier alpha value is -2.40. The Labute approximate surface area is 103 Å². The van der Waals surface area contributed by atoms with Crippen LogP contribution in [0.4, 0.5) is 0 Å². The van der Waals surface area contributed by atoms with Gasteiger partial charge in [0.1, 0.15) is 0 Å². The monoisotopic (exact) mass is 245 g/mol. The number of methoxy groups -OCH3 is 1. The lowest BCUT2D eigenvalue weighted by Crippen LogP contribution is -2.09. The van der Waals surface area contributed by atoms with Crippen molar-refractivity contribution >= 4 is 22.7 Å². The number of hydrogen-bond donors (Lipinski definition) is 1. The molecule has 2 aromatic rings. The molecule has 2 rings (SSSR count). The highest BCUT2D eigenvalue weighted by Crippen LogP contribution is 2.18. The average Bonchev–Trinajstić information content (AvgIpc) is 2.44. The van der Waals surface area contributed by atoms with Gasteiger partial charge in [-0.05, 0) is 35.0 Å². The maximum absolute atomic E-state index is 11.4. The van der Waals surface area contributed by atoms with Crippen LogP contribution < -0.4 is 5.90 Å². The third-order valence-corrected chi connectivity index (χ3v) is 2.60. The average molecular weight is 245 g/mol. The zero-order chi connectivity index (χ0) is 13.1. The van der Waals surface area contributed by atoms with Crippen LogP contribution in [0.2, 0.25) is 0 Å². The van der Waals surface area contributed by atoms with Gasteiger partial charge in [0.15, 0.2) is 0 Å². The fourth-order valence-electron chi connectivity index (χ4n) is 1.69. The zero-order valence-corrected chi connectivity index (χ0v) is 9.67. The topological polar surface area (TPSA) is 78.6 Å². The highest BCUT2D eigenvalue weighted by atomic mass is 16.7. The van der Waals surface area contributed by atoms with Gasteiger partial charge in [0.05, 0.1) is 18.2 Å². The van der Waals surface area contributed by atoms with Crippen LogP contribution in [0, 0.1) is 0 Å². The summed E-state index contributed by atoms with van der Waals surface area (Å²) in [4.78, 5) is 26.8. The van der Waals surface area contributed by atoms with E-state index in [4.69, 9.17) is 5.90 Å². The van der Waals surface area contributed by atoms with Crippen molar-refractivity contribution in [2.24, 2.45) is 5.90 Å². The molecule has 0 aromatic heterocycles. The number of carbonyl (C=O) groups excluding carboxylic acids is 2. The van der Waals surface area contributed by atoms with Crippen molar-refractivity contribution in [1.82, 2.24) is 0 Å². The Kier molecular flexibility index (Phi) is 3.25. The van der Waals surface area contributed by atoms with Crippen molar-refractivity contribution in [2.45, 2.75) is 0 Å². The highest BCUT2D eigenvalue weighted by molar-refractivity contribution is 5.98. The minimum absolute atomic E-state index is 0.357. The summed E-state index contributed by atoms with van der Waals surface area (Å²) in [5.74, 6) is 3.82. The van der Waals surface area contributed by atoms with E-state index in [-0.39, 0.29) is 0 Å². The molecule has 0 bridgehead atoms. The van der Waals surface area contributed by atoms with Gasteiger partial charge in [0, 0.05) is 0 Å². The van der Waals surface area contributed by atoms with E-state index in [1.165, 1.54) is 7.11 Å². The van der Waals surface area contributed by atoms with E-state index in [9.17, 15) is 9.59 Å². The van der Waals surface area contributed by atoms with E-state index in [1.54, 1.807) is 36.4 Å². The quantitative estimate of drug-likeness (QED) is 0.643. The first-order valence-corrected chi connectivity index (χ1v) is 5.19. The fourth-order valence-corrected chi connectivity index (χ4v) is 1.69. The Morgan fingerprint density at radius 3 is 1.89 bits per heavy atom.